The molecule has 2 aromatic rings. The van der Waals surface area contributed by atoms with Gasteiger partial charge in [0, 0.05) is 11.1 Å². The van der Waals surface area contributed by atoms with Crippen LogP contribution in [0, 0.1) is 12.7 Å². The fraction of sp³-hybridized carbons (Fsp3) is 0.167. The topological polar surface area (TPSA) is 51.2 Å². The zero-order chi connectivity index (χ0) is 12.4. The summed E-state index contributed by atoms with van der Waals surface area (Å²) in [5, 5.41) is 0. The average Bonchev–Trinajstić information content (AvgIpc) is 2.72. The smallest absolute Gasteiger partial charge is 0.142 e. The molecule has 2 rings (SSSR count). The van der Waals surface area contributed by atoms with Gasteiger partial charge in [0.1, 0.15) is 11.6 Å². The van der Waals surface area contributed by atoms with Gasteiger partial charge in [-0.15, -0.1) is 0 Å². The molecule has 0 aliphatic heterocycles. The minimum atomic E-state index is -0.425. The van der Waals surface area contributed by atoms with Gasteiger partial charge in [-0.05, 0) is 35.0 Å². The Morgan fingerprint density at radius 1 is 1.35 bits per heavy atom. The number of hydrazine groups is 1. The molecule has 0 fully saturated rings. The van der Waals surface area contributed by atoms with Crippen molar-refractivity contribution in [3.63, 3.8) is 0 Å². The molecular weight excluding hydrogens is 287 g/mol. The molecule has 0 amide bonds. The van der Waals surface area contributed by atoms with Crippen LogP contribution in [-0.4, -0.2) is 0 Å². The van der Waals surface area contributed by atoms with Crippen molar-refractivity contribution in [1.82, 2.24) is 5.43 Å². The predicted molar refractivity (Wildman–Crippen MR) is 66.7 cm³/mol. The number of benzene rings is 1. The number of rotatable bonds is 3. The van der Waals surface area contributed by atoms with Crippen LogP contribution in [0.25, 0.3) is 0 Å². The zero-order valence-electron chi connectivity index (χ0n) is 9.21. The molecule has 1 aromatic heterocycles. The van der Waals surface area contributed by atoms with Gasteiger partial charge in [0.25, 0.3) is 0 Å². The first-order valence-corrected chi connectivity index (χ1v) is 5.88. The molecule has 90 valence electrons. The van der Waals surface area contributed by atoms with E-state index in [1.165, 1.54) is 0 Å². The number of aryl methyl sites for hydroxylation is 1. The summed E-state index contributed by atoms with van der Waals surface area (Å²) in [5.41, 5.74) is 3.91. The Bertz CT molecular complexity index is 527. The minimum absolute atomic E-state index is 0.323. The fourth-order valence-corrected chi connectivity index (χ4v) is 2.17. The van der Waals surface area contributed by atoms with Crippen LogP contribution in [0.2, 0.25) is 0 Å². The van der Waals surface area contributed by atoms with Crippen molar-refractivity contribution in [2.75, 3.05) is 0 Å². The molecule has 0 spiro atoms. The SMILES string of the molecule is Cc1occc1C(NN)c1cccc(Br)c1F. The number of halogens is 2. The second kappa shape index (κ2) is 5.00. The van der Waals surface area contributed by atoms with Gasteiger partial charge in [-0.25, -0.2) is 9.82 Å². The third-order valence-electron chi connectivity index (χ3n) is 2.67. The van der Waals surface area contributed by atoms with Gasteiger partial charge in [0.15, 0.2) is 0 Å². The van der Waals surface area contributed by atoms with E-state index in [2.05, 4.69) is 21.4 Å². The number of nitrogens with one attached hydrogen (secondary N) is 1. The van der Waals surface area contributed by atoms with Crippen molar-refractivity contribution < 1.29 is 8.81 Å². The van der Waals surface area contributed by atoms with Gasteiger partial charge in [0.05, 0.1) is 16.8 Å². The molecule has 3 nitrogen and oxygen atoms in total. The van der Waals surface area contributed by atoms with Crippen LogP contribution in [0.15, 0.2) is 39.4 Å². The number of hydrogen-bond acceptors (Lipinski definition) is 3. The van der Waals surface area contributed by atoms with Gasteiger partial charge >= 0.3 is 0 Å². The van der Waals surface area contributed by atoms with E-state index in [9.17, 15) is 4.39 Å². The quantitative estimate of drug-likeness (QED) is 0.676. The summed E-state index contributed by atoms with van der Waals surface area (Å²) >= 11 is 3.16. The summed E-state index contributed by atoms with van der Waals surface area (Å²) in [7, 11) is 0. The van der Waals surface area contributed by atoms with Crippen molar-refractivity contribution in [3.05, 3.63) is 57.7 Å². The Balaban J connectivity index is 2.50. The van der Waals surface area contributed by atoms with E-state index >= 15 is 0 Å². The lowest BCUT2D eigenvalue weighted by Gasteiger charge is -2.17. The van der Waals surface area contributed by atoms with Crippen molar-refractivity contribution in [2.45, 2.75) is 13.0 Å². The maximum absolute atomic E-state index is 14.0. The highest BCUT2D eigenvalue weighted by Gasteiger charge is 2.20. The lowest BCUT2D eigenvalue weighted by molar-refractivity contribution is 0.512. The highest BCUT2D eigenvalue weighted by molar-refractivity contribution is 9.10. The molecule has 1 aromatic carbocycles. The van der Waals surface area contributed by atoms with Gasteiger partial charge in [-0.1, -0.05) is 12.1 Å². The first-order chi connectivity index (χ1) is 8.15. The van der Waals surface area contributed by atoms with Crippen LogP contribution < -0.4 is 11.3 Å². The molecule has 3 N–H and O–H groups in total. The second-order valence-electron chi connectivity index (χ2n) is 3.67. The molecule has 0 aliphatic carbocycles. The van der Waals surface area contributed by atoms with Crippen LogP contribution in [0.5, 0.6) is 0 Å². The number of furan rings is 1. The summed E-state index contributed by atoms with van der Waals surface area (Å²) in [6, 6.07) is 6.46. The van der Waals surface area contributed by atoms with E-state index in [0.717, 1.165) is 5.56 Å². The van der Waals surface area contributed by atoms with Crippen molar-refractivity contribution in [2.24, 2.45) is 5.84 Å². The second-order valence-corrected chi connectivity index (χ2v) is 4.53. The van der Waals surface area contributed by atoms with Crippen LogP contribution in [-0.2, 0) is 0 Å². The van der Waals surface area contributed by atoms with E-state index in [-0.39, 0.29) is 5.82 Å². The first kappa shape index (κ1) is 12.3. The molecule has 0 radical (unpaired) electrons. The van der Waals surface area contributed by atoms with Crippen LogP contribution >= 0.6 is 15.9 Å². The molecule has 1 heterocycles. The maximum atomic E-state index is 14.0. The Morgan fingerprint density at radius 3 is 2.71 bits per heavy atom. The Morgan fingerprint density at radius 2 is 2.12 bits per heavy atom. The molecule has 1 atom stereocenters. The van der Waals surface area contributed by atoms with Crippen LogP contribution in [0.4, 0.5) is 4.39 Å². The summed E-state index contributed by atoms with van der Waals surface area (Å²) in [5.74, 6) is 5.90. The molecule has 5 heteroatoms. The van der Waals surface area contributed by atoms with Gasteiger partial charge in [0.2, 0.25) is 0 Å². The largest absolute Gasteiger partial charge is 0.469 e. The lowest BCUT2D eigenvalue weighted by atomic mass is 9.99. The predicted octanol–water partition coefficient (Wildman–Crippen LogP) is 3.04. The lowest BCUT2D eigenvalue weighted by Crippen LogP contribution is -2.29. The highest BCUT2D eigenvalue weighted by atomic mass is 79.9. The van der Waals surface area contributed by atoms with E-state index < -0.39 is 6.04 Å². The Kier molecular flexibility index (Phi) is 3.61. The van der Waals surface area contributed by atoms with E-state index in [4.69, 9.17) is 10.3 Å². The molecule has 0 aliphatic rings. The number of nitrogens with two attached hydrogens (primary N) is 1. The van der Waals surface area contributed by atoms with E-state index in [0.29, 0.717) is 15.8 Å². The summed E-state index contributed by atoms with van der Waals surface area (Å²) in [4.78, 5) is 0. The summed E-state index contributed by atoms with van der Waals surface area (Å²) in [6.07, 6.45) is 1.56. The average molecular weight is 299 g/mol. The van der Waals surface area contributed by atoms with Crippen molar-refractivity contribution >= 4 is 15.9 Å². The first-order valence-electron chi connectivity index (χ1n) is 5.09. The third kappa shape index (κ3) is 2.26. The van der Waals surface area contributed by atoms with Gasteiger partial charge in [-0.3, -0.25) is 5.84 Å². The molecule has 0 saturated heterocycles. The normalized spacial score (nSPS) is 12.7. The van der Waals surface area contributed by atoms with E-state index in [1.54, 1.807) is 30.5 Å². The summed E-state index contributed by atoms with van der Waals surface area (Å²) < 4.78 is 19.6. The minimum Gasteiger partial charge on any atom is -0.469 e. The molecular formula is C12H12BrFN2O. The Hall–Kier alpha value is -1.17. The van der Waals surface area contributed by atoms with Crippen molar-refractivity contribution in [3.8, 4) is 0 Å². The van der Waals surface area contributed by atoms with Gasteiger partial charge < -0.3 is 4.42 Å². The van der Waals surface area contributed by atoms with Crippen LogP contribution in [0.3, 0.4) is 0 Å². The Labute approximate surface area is 107 Å². The molecule has 0 bridgehead atoms. The molecule has 0 saturated carbocycles. The third-order valence-corrected chi connectivity index (χ3v) is 3.28. The monoisotopic (exact) mass is 298 g/mol. The standard InChI is InChI=1S/C12H12BrFN2O/c1-7-8(5-6-17-7)12(16-15)9-3-2-4-10(13)11(9)14/h2-6,12,16H,15H2,1H3. The van der Waals surface area contributed by atoms with Gasteiger partial charge in [-0.2, -0.15) is 0 Å². The summed E-state index contributed by atoms with van der Waals surface area (Å²) in [6.45, 7) is 1.82. The highest BCUT2D eigenvalue weighted by Crippen LogP contribution is 2.29. The molecule has 1 unspecified atom stereocenters. The molecule has 17 heavy (non-hydrogen) atoms. The fourth-order valence-electron chi connectivity index (χ4n) is 1.78. The van der Waals surface area contributed by atoms with Crippen LogP contribution in [0.1, 0.15) is 22.9 Å². The number of hydrogen-bond donors (Lipinski definition) is 2. The van der Waals surface area contributed by atoms with Crippen molar-refractivity contribution in [1.29, 1.82) is 0 Å². The van der Waals surface area contributed by atoms with E-state index in [1.807, 2.05) is 6.92 Å². The maximum Gasteiger partial charge on any atom is 0.142 e. The zero-order valence-corrected chi connectivity index (χ0v) is 10.8.